The largest absolute Gasteiger partial charge is 0.355 e. The van der Waals surface area contributed by atoms with E-state index in [0.717, 1.165) is 25.8 Å². The Bertz CT molecular complexity index is 404. The molecule has 0 saturated carbocycles. The van der Waals surface area contributed by atoms with Crippen LogP contribution in [-0.2, 0) is 14.8 Å². The number of hydrogen-bond donors (Lipinski definition) is 1. The van der Waals surface area contributed by atoms with Crippen LogP contribution in [0.4, 0.5) is 0 Å². The summed E-state index contributed by atoms with van der Waals surface area (Å²) in [6.45, 7) is 3.86. The van der Waals surface area contributed by atoms with Crippen molar-refractivity contribution >= 4 is 15.9 Å². The van der Waals surface area contributed by atoms with Gasteiger partial charge in [-0.25, -0.2) is 12.7 Å². The second kappa shape index (κ2) is 6.67. The normalized spacial score (nSPS) is 23.9. The molecule has 6 nitrogen and oxygen atoms in total. The molecule has 2 heterocycles. The minimum absolute atomic E-state index is 0.0568. The molecule has 0 aromatic heterocycles. The maximum Gasteiger partial charge on any atom is 0.221 e. The zero-order valence-electron chi connectivity index (χ0n) is 11.3. The van der Waals surface area contributed by atoms with E-state index in [9.17, 15) is 13.2 Å². The molecule has 2 saturated heterocycles. The molecule has 0 radical (unpaired) electrons. The monoisotopic (exact) mass is 289 g/mol. The zero-order chi connectivity index (χ0) is 13.7. The van der Waals surface area contributed by atoms with Gasteiger partial charge in [0.2, 0.25) is 15.9 Å². The van der Waals surface area contributed by atoms with E-state index in [2.05, 4.69) is 10.2 Å². The van der Waals surface area contributed by atoms with Gasteiger partial charge in [0, 0.05) is 45.7 Å². The Morgan fingerprint density at radius 3 is 2.53 bits per heavy atom. The number of hydrogen-bond acceptors (Lipinski definition) is 4. The van der Waals surface area contributed by atoms with Gasteiger partial charge in [0.15, 0.2) is 0 Å². The maximum atomic E-state index is 12.2. The molecule has 0 aromatic rings. The molecule has 0 spiro atoms. The molecule has 0 aromatic carbocycles. The first kappa shape index (κ1) is 14.7. The molecule has 1 amide bonds. The number of sulfonamides is 1. The van der Waals surface area contributed by atoms with E-state index >= 15 is 0 Å². The lowest BCUT2D eigenvalue weighted by Gasteiger charge is -2.27. The molecule has 2 aliphatic rings. The van der Waals surface area contributed by atoms with Gasteiger partial charge in [-0.2, -0.15) is 0 Å². The lowest BCUT2D eigenvalue weighted by molar-refractivity contribution is -0.120. The first-order valence-electron chi connectivity index (χ1n) is 7.05. The lowest BCUT2D eigenvalue weighted by Crippen LogP contribution is -2.41. The fraction of sp³-hybridized carbons (Fsp3) is 0.917. The molecule has 2 fully saturated rings. The number of carbonyl (C=O) groups excluding carboxylic acids is 1. The highest BCUT2D eigenvalue weighted by Crippen LogP contribution is 2.13. The topological polar surface area (TPSA) is 69.7 Å². The fourth-order valence-electron chi connectivity index (χ4n) is 2.55. The van der Waals surface area contributed by atoms with Crippen LogP contribution in [0.15, 0.2) is 0 Å². The molecule has 0 bridgehead atoms. The first-order chi connectivity index (χ1) is 9.08. The maximum absolute atomic E-state index is 12.2. The Kier molecular flexibility index (Phi) is 5.18. The predicted octanol–water partition coefficient (Wildman–Crippen LogP) is -0.376. The quantitative estimate of drug-likeness (QED) is 0.766. The van der Waals surface area contributed by atoms with Crippen LogP contribution in [-0.4, -0.2) is 68.6 Å². The van der Waals surface area contributed by atoms with Crippen molar-refractivity contribution in [1.29, 1.82) is 0 Å². The molecule has 0 aliphatic carbocycles. The van der Waals surface area contributed by atoms with Crippen molar-refractivity contribution in [2.45, 2.75) is 25.7 Å². The van der Waals surface area contributed by atoms with Crippen LogP contribution in [0.25, 0.3) is 0 Å². The Morgan fingerprint density at radius 2 is 1.79 bits per heavy atom. The summed E-state index contributed by atoms with van der Waals surface area (Å²) in [4.78, 5) is 13.3. The van der Waals surface area contributed by atoms with Crippen molar-refractivity contribution in [2.24, 2.45) is 0 Å². The van der Waals surface area contributed by atoms with Gasteiger partial charge >= 0.3 is 0 Å². The van der Waals surface area contributed by atoms with Gasteiger partial charge in [0.1, 0.15) is 0 Å². The summed E-state index contributed by atoms with van der Waals surface area (Å²) in [6, 6.07) is 0. The highest BCUT2D eigenvalue weighted by molar-refractivity contribution is 7.89. The predicted molar refractivity (Wildman–Crippen MR) is 73.3 cm³/mol. The number of carbonyl (C=O) groups is 1. The van der Waals surface area contributed by atoms with Gasteiger partial charge < -0.3 is 10.2 Å². The highest BCUT2D eigenvalue weighted by Gasteiger charge is 2.24. The molecule has 2 aliphatic heterocycles. The van der Waals surface area contributed by atoms with Gasteiger partial charge in [0.25, 0.3) is 0 Å². The van der Waals surface area contributed by atoms with E-state index < -0.39 is 10.0 Å². The van der Waals surface area contributed by atoms with Gasteiger partial charge in [-0.1, -0.05) is 6.42 Å². The van der Waals surface area contributed by atoms with Gasteiger partial charge in [-0.3, -0.25) is 4.79 Å². The smallest absolute Gasteiger partial charge is 0.221 e. The van der Waals surface area contributed by atoms with Gasteiger partial charge in [-0.15, -0.1) is 0 Å². The summed E-state index contributed by atoms with van der Waals surface area (Å²) in [5.74, 6) is 0.225. The van der Waals surface area contributed by atoms with Crippen LogP contribution in [0.1, 0.15) is 25.7 Å². The van der Waals surface area contributed by atoms with Crippen molar-refractivity contribution in [2.75, 3.05) is 45.0 Å². The van der Waals surface area contributed by atoms with E-state index in [1.165, 1.54) is 0 Å². The molecule has 7 heteroatoms. The Labute approximate surface area is 115 Å². The molecule has 19 heavy (non-hydrogen) atoms. The average Bonchev–Trinajstić information content (AvgIpc) is 2.62. The van der Waals surface area contributed by atoms with E-state index in [4.69, 9.17) is 0 Å². The molecular weight excluding hydrogens is 266 g/mol. The second-order valence-electron chi connectivity index (χ2n) is 5.22. The minimum atomic E-state index is -3.12. The Morgan fingerprint density at radius 1 is 1.05 bits per heavy atom. The zero-order valence-corrected chi connectivity index (χ0v) is 12.1. The third-order valence-electron chi connectivity index (χ3n) is 3.78. The minimum Gasteiger partial charge on any atom is -0.355 e. The standard InChI is InChI=1S/C12H23N3O3S/c16-12-4-8-14(9-5-13-12)10-11-19(17,18)15-6-2-1-3-7-15/h1-11H2,(H,13,16). The van der Waals surface area contributed by atoms with Crippen molar-refractivity contribution in [1.82, 2.24) is 14.5 Å². The van der Waals surface area contributed by atoms with Crippen molar-refractivity contribution < 1.29 is 13.2 Å². The number of piperidine rings is 1. The van der Waals surface area contributed by atoms with E-state index in [1.54, 1.807) is 4.31 Å². The summed E-state index contributed by atoms with van der Waals surface area (Å²) in [5, 5.41) is 2.79. The van der Waals surface area contributed by atoms with Gasteiger partial charge in [0.05, 0.1) is 5.75 Å². The number of nitrogens with zero attached hydrogens (tertiary/aromatic N) is 2. The van der Waals surface area contributed by atoms with E-state index in [-0.39, 0.29) is 11.7 Å². The van der Waals surface area contributed by atoms with Gasteiger partial charge in [-0.05, 0) is 12.8 Å². The van der Waals surface area contributed by atoms with E-state index in [1.807, 2.05) is 0 Å². The van der Waals surface area contributed by atoms with Crippen molar-refractivity contribution in [3.05, 3.63) is 0 Å². The van der Waals surface area contributed by atoms with E-state index in [0.29, 0.717) is 39.1 Å². The van der Waals surface area contributed by atoms with Crippen molar-refractivity contribution in [3.8, 4) is 0 Å². The van der Waals surface area contributed by atoms with Crippen LogP contribution < -0.4 is 5.32 Å². The number of rotatable bonds is 4. The SMILES string of the molecule is O=C1CCN(CCS(=O)(=O)N2CCCCC2)CCN1. The number of nitrogens with one attached hydrogen (secondary N) is 1. The average molecular weight is 289 g/mol. The van der Waals surface area contributed by atoms with Crippen LogP contribution >= 0.6 is 0 Å². The lowest BCUT2D eigenvalue weighted by atomic mass is 10.2. The molecule has 2 rings (SSSR count). The summed E-state index contributed by atoms with van der Waals surface area (Å²) in [5.41, 5.74) is 0. The molecule has 110 valence electrons. The number of amides is 1. The van der Waals surface area contributed by atoms with Crippen LogP contribution in [0.3, 0.4) is 0 Å². The van der Waals surface area contributed by atoms with Crippen LogP contribution in [0.2, 0.25) is 0 Å². The van der Waals surface area contributed by atoms with Crippen LogP contribution in [0.5, 0.6) is 0 Å². The molecule has 0 atom stereocenters. The third kappa shape index (κ3) is 4.43. The Hall–Kier alpha value is -0.660. The fourth-order valence-corrected chi connectivity index (χ4v) is 4.12. The Balaban J connectivity index is 1.81. The third-order valence-corrected chi connectivity index (χ3v) is 5.63. The highest BCUT2D eigenvalue weighted by atomic mass is 32.2. The molecular formula is C12H23N3O3S. The summed E-state index contributed by atoms with van der Waals surface area (Å²) < 4.78 is 26.0. The van der Waals surface area contributed by atoms with Crippen molar-refractivity contribution in [3.63, 3.8) is 0 Å². The summed E-state index contributed by atoms with van der Waals surface area (Å²) in [7, 11) is -3.12. The first-order valence-corrected chi connectivity index (χ1v) is 8.66. The second-order valence-corrected chi connectivity index (χ2v) is 7.31. The van der Waals surface area contributed by atoms with Crippen LogP contribution in [0, 0.1) is 0 Å². The summed E-state index contributed by atoms with van der Waals surface area (Å²) in [6.07, 6.45) is 3.54. The summed E-state index contributed by atoms with van der Waals surface area (Å²) >= 11 is 0. The molecule has 0 unspecified atom stereocenters. The molecule has 1 N–H and O–H groups in total.